The zero-order valence-electron chi connectivity index (χ0n) is 13.5. The molecule has 1 saturated heterocycles. The van der Waals surface area contributed by atoms with Gasteiger partial charge in [0.2, 0.25) is 0 Å². The van der Waals surface area contributed by atoms with E-state index in [1.807, 2.05) is 0 Å². The smallest absolute Gasteiger partial charge is 0.0477 e. The summed E-state index contributed by atoms with van der Waals surface area (Å²) in [6.07, 6.45) is 3.86. The molecule has 0 aromatic heterocycles. The number of nitrogens with one attached hydrogen (secondary N) is 1. The molecule has 19 heavy (non-hydrogen) atoms. The van der Waals surface area contributed by atoms with Gasteiger partial charge in [-0.1, -0.05) is 20.8 Å². The number of likely N-dealkylation sites (tertiary alicyclic amines) is 1. The monoisotopic (exact) mass is 270 g/mol. The van der Waals surface area contributed by atoms with Gasteiger partial charge in [0.1, 0.15) is 0 Å². The standard InChI is InChI=1S/C16H34N2O/c1-5-19-14-6-9-17-10-13-18-11-7-15(8-12-18)16(2,3)4/h15,17H,5-14H2,1-4H3. The van der Waals surface area contributed by atoms with Crippen molar-refractivity contribution in [3.05, 3.63) is 0 Å². The Kier molecular flexibility index (Phi) is 7.96. The molecule has 1 fully saturated rings. The van der Waals surface area contributed by atoms with Gasteiger partial charge in [-0.15, -0.1) is 0 Å². The Hall–Kier alpha value is -0.120. The van der Waals surface area contributed by atoms with Crippen molar-refractivity contribution in [3.8, 4) is 0 Å². The molecular weight excluding hydrogens is 236 g/mol. The topological polar surface area (TPSA) is 24.5 Å². The maximum Gasteiger partial charge on any atom is 0.0477 e. The van der Waals surface area contributed by atoms with Crippen molar-refractivity contribution < 1.29 is 4.74 Å². The fraction of sp³-hybridized carbons (Fsp3) is 1.00. The van der Waals surface area contributed by atoms with Gasteiger partial charge in [-0.2, -0.15) is 0 Å². The van der Waals surface area contributed by atoms with Gasteiger partial charge in [0.05, 0.1) is 0 Å². The van der Waals surface area contributed by atoms with Gasteiger partial charge < -0.3 is 15.0 Å². The zero-order valence-corrected chi connectivity index (χ0v) is 13.5. The van der Waals surface area contributed by atoms with Gasteiger partial charge >= 0.3 is 0 Å². The summed E-state index contributed by atoms with van der Waals surface area (Å²) in [5.74, 6) is 0.905. The maximum absolute atomic E-state index is 5.32. The summed E-state index contributed by atoms with van der Waals surface area (Å²) in [5, 5.41) is 3.51. The number of piperidine rings is 1. The molecular formula is C16H34N2O. The third-order valence-corrected chi connectivity index (χ3v) is 4.26. The summed E-state index contributed by atoms with van der Waals surface area (Å²) >= 11 is 0. The normalized spacial score (nSPS) is 18.9. The molecule has 0 spiro atoms. The third kappa shape index (κ3) is 7.28. The van der Waals surface area contributed by atoms with Crippen molar-refractivity contribution in [3.63, 3.8) is 0 Å². The Bertz CT molecular complexity index is 217. The number of ether oxygens (including phenoxy) is 1. The van der Waals surface area contributed by atoms with E-state index in [9.17, 15) is 0 Å². The van der Waals surface area contributed by atoms with Crippen LogP contribution in [0.3, 0.4) is 0 Å². The van der Waals surface area contributed by atoms with Crippen molar-refractivity contribution in [1.82, 2.24) is 10.2 Å². The fourth-order valence-corrected chi connectivity index (χ4v) is 2.83. The average molecular weight is 270 g/mol. The Balaban J connectivity index is 1.98. The molecule has 0 radical (unpaired) electrons. The van der Waals surface area contributed by atoms with E-state index in [1.165, 1.54) is 32.5 Å². The number of hydrogen-bond acceptors (Lipinski definition) is 3. The molecule has 1 aliphatic rings. The average Bonchev–Trinajstić information content (AvgIpc) is 2.37. The van der Waals surface area contributed by atoms with Crippen molar-refractivity contribution in [2.75, 3.05) is 45.9 Å². The molecule has 0 unspecified atom stereocenters. The number of hydrogen-bond donors (Lipinski definition) is 1. The predicted octanol–water partition coefficient (Wildman–Crippen LogP) is 2.76. The van der Waals surface area contributed by atoms with Crippen molar-refractivity contribution in [2.45, 2.75) is 47.0 Å². The van der Waals surface area contributed by atoms with Crippen LogP contribution in [0.4, 0.5) is 0 Å². The molecule has 114 valence electrons. The highest BCUT2D eigenvalue weighted by Gasteiger charge is 2.28. The van der Waals surface area contributed by atoms with Gasteiger partial charge in [-0.3, -0.25) is 0 Å². The molecule has 1 rings (SSSR count). The lowest BCUT2D eigenvalue weighted by molar-refractivity contribution is 0.112. The van der Waals surface area contributed by atoms with Crippen molar-refractivity contribution in [2.24, 2.45) is 11.3 Å². The van der Waals surface area contributed by atoms with Crippen LogP contribution in [0.5, 0.6) is 0 Å². The van der Waals surface area contributed by atoms with E-state index in [-0.39, 0.29) is 0 Å². The van der Waals surface area contributed by atoms with Gasteiger partial charge in [0.25, 0.3) is 0 Å². The van der Waals surface area contributed by atoms with Crippen LogP contribution in [0, 0.1) is 11.3 Å². The predicted molar refractivity (Wildman–Crippen MR) is 82.6 cm³/mol. The molecule has 1 N–H and O–H groups in total. The molecule has 0 amide bonds. The SMILES string of the molecule is CCOCCCNCCN1CCC(C(C)(C)C)CC1. The molecule has 3 nitrogen and oxygen atoms in total. The van der Waals surface area contributed by atoms with Crippen LogP contribution in [0.15, 0.2) is 0 Å². The van der Waals surface area contributed by atoms with Crippen molar-refractivity contribution in [1.29, 1.82) is 0 Å². The highest BCUT2D eigenvalue weighted by atomic mass is 16.5. The van der Waals surface area contributed by atoms with Crippen LogP contribution >= 0.6 is 0 Å². The lowest BCUT2D eigenvalue weighted by atomic mass is 9.75. The van der Waals surface area contributed by atoms with Gasteiger partial charge in [0.15, 0.2) is 0 Å². The maximum atomic E-state index is 5.32. The van der Waals surface area contributed by atoms with Gasteiger partial charge in [-0.05, 0) is 57.2 Å². The first kappa shape index (κ1) is 16.9. The molecule has 0 aromatic carbocycles. The largest absolute Gasteiger partial charge is 0.382 e. The Morgan fingerprint density at radius 1 is 1.16 bits per heavy atom. The van der Waals surface area contributed by atoms with E-state index in [1.54, 1.807) is 0 Å². The van der Waals surface area contributed by atoms with E-state index >= 15 is 0 Å². The third-order valence-electron chi connectivity index (χ3n) is 4.26. The quantitative estimate of drug-likeness (QED) is 0.686. The Morgan fingerprint density at radius 3 is 2.42 bits per heavy atom. The summed E-state index contributed by atoms with van der Waals surface area (Å²) in [4.78, 5) is 2.61. The van der Waals surface area contributed by atoms with E-state index in [2.05, 4.69) is 37.9 Å². The van der Waals surface area contributed by atoms with E-state index in [4.69, 9.17) is 4.74 Å². The van der Waals surface area contributed by atoms with E-state index < -0.39 is 0 Å². The van der Waals surface area contributed by atoms with Crippen LogP contribution in [0.25, 0.3) is 0 Å². The number of rotatable bonds is 8. The van der Waals surface area contributed by atoms with Crippen LogP contribution in [0.1, 0.15) is 47.0 Å². The summed E-state index contributed by atoms with van der Waals surface area (Å²) in [5.41, 5.74) is 0.490. The first-order chi connectivity index (χ1) is 9.04. The second-order valence-electron chi connectivity index (χ2n) is 6.78. The molecule has 0 atom stereocenters. The summed E-state index contributed by atoms with van der Waals surface area (Å²) < 4.78 is 5.32. The van der Waals surface area contributed by atoms with Gasteiger partial charge in [-0.25, -0.2) is 0 Å². The Labute approximate surface area is 120 Å². The first-order valence-electron chi connectivity index (χ1n) is 8.05. The van der Waals surface area contributed by atoms with Crippen LogP contribution < -0.4 is 5.32 Å². The minimum Gasteiger partial charge on any atom is -0.382 e. The van der Waals surface area contributed by atoms with Crippen molar-refractivity contribution >= 4 is 0 Å². The summed E-state index contributed by atoms with van der Waals surface area (Å²) in [6.45, 7) is 16.9. The second-order valence-corrected chi connectivity index (χ2v) is 6.78. The molecule has 0 saturated carbocycles. The second kappa shape index (κ2) is 8.93. The lowest BCUT2D eigenvalue weighted by Gasteiger charge is -2.38. The molecule has 1 heterocycles. The summed E-state index contributed by atoms with van der Waals surface area (Å²) in [7, 11) is 0. The minimum absolute atomic E-state index is 0.490. The Morgan fingerprint density at radius 2 is 1.84 bits per heavy atom. The lowest BCUT2D eigenvalue weighted by Crippen LogP contribution is -2.41. The highest BCUT2D eigenvalue weighted by molar-refractivity contribution is 4.80. The van der Waals surface area contributed by atoms with Gasteiger partial charge in [0, 0.05) is 26.3 Å². The molecule has 1 aliphatic heterocycles. The minimum atomic E-state index is 0.490. The highest BCUT2D eigenvalue weighted by Crippen LogP contribution is 2.33. The van der Waals surface area contributed by atoms with Crippen LogP contribution in [-0.2, 0) is 4.74 Å². The van der Waals surface area contributed by atoms with Crippen LogP contribution in [-0.4, -0.2) is 50.8 Å². The number of nitrogens with zero attached hydrogens (tertiary/aromatic N) is 1. The van der Waals surface area contributed by atoms with E-state index in [0.717, 1.165) is 38.6 Å². The molecule has 0 aliphatic carbocycles. The molecule has 0 aromatic rings. The molecule has 3 heteroatoms. The van der Waals surface area contributed by atoms with Crippen LogP contribution in [0.2, 0.25) is 0 Å². The first-order valence-corrected chi connectivity index (χ1v) is 8.05. The fourth-order valence-electron chi connectivity index (χ4n) is 2.83. The zero-order chi connectivity index (χ0) is 14.1. The molecule has 0 bridgehead atoms. The summed E-state index contributed by atoms with van der Waals surface area (Å²) in [6, 6.07) is 0. The van der Waals surface area contributed by atoms with E-state index in [0.29, 0.717) is 5.41 Å².